The van der Waals surface area contributed by atoms with Crippen LogP contribution in [0.5, 0.6) is 0 Å². The number of aryl methyl sites for hydroxylation is 1. The molecular formula is C20H24N2O3. The maximum Gasteiger partial charge on any atom is 0.289 e. The van der Waals surface area contributed by atoms with Gasteiger partial charge in [0.1, 0.15) is 0 Å². The number of hydrogen-bond donors (Lipinski definition) is 0. The minimum absolute atomic E-state index is 0.0189. The first-order valence-corrected chi connectivity index (χ1v) is 8.98. The Kier molecular flexibility index (Phi) is 4.34. The van der Waals surface area contributed by atoms with Gasteiger partial charge in [0, 0.05) is 36.5 Å². The summed E-state index contributed by atoms with van der Waals surface area (Å²) in [6, 6.07) is 5.81. The van der Waals surface area contributed by atoms with Crippen LogP contribution in [0.1, 0.15) is 40.9 Å². The first-order valence-electron chi connectivity index (χ1n) is 8.98. The van der Waals surface area contributed by atoms with Crippen LogP contribution in [0.2, 0.25) is 0 Å². The fraction of sp³-hybridized carbons (Fsp3) is 0.500. The molecule has 0 radical (unpaired) electrons. The van der Waals surface area contributed by atoms with E-state index in [4.69, 9.17) is 9.15 Å². The van der Waals surface area contributed by atoms with E-state index in [-0.39, 0.29) is 11.3 Å². The molecule has 1 saturated carbocycles. The lowest BCUT2D eigenvalue weighted by molar-refractivity contribution is 0.0262. The zero-order chi connectivity index (χ0) is 17.3. The molecule has 5 heteroatoms. The van der Waals surface area contributed by atoms with Crippen LogP contribution in [0.25, 0.3) is 0 Å². The number of carbonyl (C=O) groups is 1. The Morgan fingerprint density at radius 2 is 2.24 bits per heavy atom. The molecule has 25 heavy (non-hydrogen) atoms. The Morgan fingerprint density at radius 3 is 3.00 bits per heavy atom. The summed E-state index contributed by atoms with van der Waals surface area (Å²) >= 11 is 0. The molecule has 3 heterocycles. The number of amides is 1. The number of fused-ring (bicyclic) bond motifs is 1. The summed E-state index contributed by atoms with van der Waals surface area (Å²) in [5.74, 6) is 1.03. The minimum atomic E-state index is 0.0189. The number of furan rings is 1. The summed E-state index contributed by atoms with van der Waals surface area (Å²) in [7, 11) is 0. The van der Waals surface area contributed by atoms with E-state index in [2.05, 4.69) is 4.98 Å². The lowest BCUT2D eigenvalue weighted by Gasteiger charge is -2.28. The SMILES string of the molecule is Cc1ccoc1C(=O)N1C[C@@H]2CCC[C@]2(COCc2ccncc2)C1. The van der Waals surface area contributed by atoms with Gasteiger partial charge in [-0.3, -0.25) is 9.78 Å². The van der Waals surface area contributed by atoms with Gasteiger partial charge < -0.3 is 14.1 Å². The predicted octanol–water partition coefficient (Wildman–Crippen LogP) is 3.44. The maximum atomic E-state index is 12.8. The topological polar surface area (TPSA) is 55.6 Å². The molecule has 2 aliphatic rings. The standard InChI is InChI=1S/C20H24N2O3/c1-15-6-10-25-18(15)19(23)22-11-17-3-2-7-20(17,13-22)14-24-12-16-4-8-21-9-5-16/h4-6,8-10,17H,2-3,7,11-14H2,1H3/t17-,20+/m0/s1. The van der Waals surface area contributed by atoms with Crippen molar-refractivity contribution in [2.24, 2.45) is 11.3 Å². The molecule has 0 aromatic carbocycles. The molecule has 0 N–H and O–H groups in total. The van der Waals surface area contributed by atoms with Gasteiger partial charge in [0.25, 0.3) is 5.91 Å². The minimum Gasteiger partial charge on any atom is -0.459 e. The van der Waals surface area contributed by atoms with E-state index >= 15 is 0 Å². The van der Waals surface area contributed by atoms with Gasteiger partial charge in [-0.05, 0) is 49.4 Å². The quantitative estimate of drug-likeness (QED) is 0.837. The van der Waals surface area contributed by atoms with Gasteiger partial charge in [0.2, 0.25) is 0 Å². The molecule has 2 fully saturated rings. The van der Waals surface area contributed by atoms with Gasteiger partial charge >= 0.3 is 0 Å². The number of carbonyl (C=O) groups excluding carboxylic acids is 1. The second-order valence-corrected chi connectivity index (χ2v) is 7.42. The lowest BCUT2D eigenvalue weighted by Crippen LogP contribution is -2.34. The fourth-order valence-corrected chi connectivity index (χ4v) is 4.39. The Bertz CT molecular complexity index is 742. The zero-order valence-corrected chi connectivity index (χ0v) is 14.6. The molecule has 5 nitrogen and oxygen atoms in total. The molecule has 2 aromatic heterocycles. The second kappa shape index (κ2) is 6.64. The normalized spacial score (nSPS) is 25.3. The number of aromatic nitrogens is 1. The first kappa shape index (κ1) is 16.3. The van der Waals surface area contributed by atoms with Crippen LogP contribution in [-0.2, 0) is 11.3 Å². The van der Waals surface area contributed by atoms with E-state index in [1.165, 1.54) is 12.8 Å². The molecule has 1 aliphatic carbocycles. The number of likely N-dealkylation sites (tertiary alicyclic amines) is 1. The highest BCUT2D eigenvalue weighted by Gasteiger charge is 2.51. The van der Waals surface area contributed by atoms with E-state index < -0.39 is 0 Å². The number of pyridine rings is 1. The van der Waals surface area contributed by atoms with E-state index in [0.717, 1.165) is 30.6 Å². The Morgan fingerprint density at radius 1 is 1.40 bits per heavy atom. The van der Waals surface area contributed by atoms with Crippen molar-refractivity contribution in [1.29, 1.82) is 0 Å². The number of nitrogens with zero attached hydrogens (tertiary/aromatic N) is 2. The lowest BCUT2D eigenvalue weighted by atomic mass is 9.81. The van der Waals surface area contributed by atoms with Crippen LogP contribution in [-0.4, -0.2) is 35.5 Å². The van der Waals surface area contributed by atoms with Crippen molar-refractivity contribution < 1.29 is 13.9 Å². The molecule has 1 aliphatic heterocycles. The maximum absolute atomic E-state index is 12.8. The average Bonchev–Trinajstić information content (AvgIpc) is 3.29. The average molecular weight is 340 g/mol. The van der Waals surface area contributed by atoms with Crippen LogP contribution in [0.4, 0.5) is 0 Å². The van der Waals surface area contributed by atoms with Crippen molar-refractivity contribution in [2.45, 2.75) is 32.8 Å². The smallest absolute Gasteiger partial charge is 0.289 e. The van der Waals surface area contributed by atoms with Crippen molar-refractivity contribution in [1.82, 2.24) is 9.88 Å². The van der Waals surface area contributed by atoms with Gasteiger partial charge in [-0.1, -0.05) is 6.42 Å². The van der Waals surface area contributed by atoms with Crippen LogP contribution in [0.15, 0.2) is 41.3 Å². The Labute approximate surface area is 148 Å². The molecule has 0 unspecified atom stereocenters. The highest BCUT2D eigenvalue weighted by atomic mass is 16.5. The molecule has 0 spiro atoms. The largest absolute Gasteiger partial charge is 0.459 e. The second-order valence-electron chi connectivity index (χ2n) is 7.42. The van der Waals surface area contributed by atoms with E-state index in [1.807, 2.05) is 30.0 Å². The summed E-state index contributed by atoms with van der Waals surface area (Å²) in [5, 5.41) is 0. The van der Waals surface area contributed by atoms with Crippen molar-refractivity contribution >= 4 is 5.91 Å². The Balaban J connectivity index is 1.42. The molecule has 0 bridgehead atoms. The first-order chi connectivity index (χ1) is 12.2. The van der Waals surface area contributed by atoms with E-state index in [9.17, 15) is 4.79 Å². The predicted molar refractivity (Wildman–Crippen MR) is 93.0 cm³/mol. The van der Waals surface area contributed by atoms with Gasteiger partial charge in [-0.2, -0.15) is 0 Å². The van der Waals surface area contributed by atoms with Crippen LogP contribution < -0.4 is 0 Å². The van der Waals surface area contributed by atoms with Crippen molar-refractivity contribution in [3.63, 3.8) is 0 Å². The third kappa shape index (κ3) is 3.09. The van der Waals surface area contributed by atoms with Crippen molar-refractivity contribution in [3.05, 3.63) is 53.7 Å². The highest BCUT2D eigenvalue weighted by molar-refractivity contribution is 5.93. The number of ether oxygens (including phenoxy) is 1. The third-order valence-electron chi connectivity index (χ3n) is 5.79. The van der Waals surface area contributed by atoms with Crippen LogP contribution in [0.3, 0.4) is 0 Å². The highest BCUT2D eigenvalue weighted by Crippen LogP contribution is 2.49. The van der Waals surface area contributed by atoms with E-state index in [0.29, 0.717) is 24.9 Å². The number of hydrogen-bond acceptors (Lipinski definition) is 4. The van der Waals surface area contributed by atoms with Gasteiger partial charge in [0.15, 0.2) is 5.76 Å². The summed E-state index contributed by atoms with van der Waals surface area (Å²) in [4.78, 5) is 18.8. The van der Waals surface area contributed by atoms with Gasteiger partial charge in [-0.15, -0.1) is 0 Å². The summed E-state index contributed by atoms with van der Waals surface area (Å²) in [5.41, 5.74) is 2.14. The third-order valence-corrected chi connectivity index (χ3v) is 5.79. The van der Waals surface area contributed by atoms with Gasteiger partial charge in [0.05, 0.1) is 19.5 Å². The number of rotatable bonds is 5. The van der Waals surface area contributed by atoms with E-state index in [1.54, 1.807) is 18.7 Å². The summed E-state index contributed by atoms with van der Waals surface area (Å²) in [6.45, 7) is 4.81. The molecule has 132 valence electrons. The van der Waals surface area contributed by atoms with Crippen LogP contribution in [0, 0.1) is 18.3 Å². The summed E-state index contributed by atoms with van der Waals surface area (Å²) < 4.78 is 11.5. The molecule has 1 amide bonds. The zero-order valence-electron chi connectivity index (χ0n) is 14.6. The molecule has 4 rings (SSSR count). The molecule has 2 aromatic rings. The molecule has 1 saturated heterocycles. The molecule has 2 atom stereocenters. The molecular weight excluding hydrogens is 316 g/mol. The van der Waals surface area contributed by atoms with Crippen molar-refractivity contribution in [3.8, 4) is 0 Å². The summed E-state index contributed by atoms with van der Waals surface area (Å²) in [6.07, 6.45) is 8.71. The Hall–Kier alpha value is -2.14. The van der Waals surface area contributed by atoms with Crippen molar-refractivity contribution in [2.75, 3.05) is 19.7 Å². The van der Waals surface area contributed by atoms with Crippen LogP contribution >= 0.6 is 0 Å². The van der Waals surface area contributed by atoms with Gasteiger partial charge in [-0.25, -0.2) is 0 Å². The fourth-order valence-electron chi connectivity index (χ4n) is 4.39. The monoisotopic (exact) mass is 340 g/mol.